The number of methoxy groups -OCH3 is 1. The Kier molecular flexibility index (Phi) is 3.39. The van der Waals surface area contributed by atoms with Crippen molar-refractivity contribution in [3.05, 3.63) is 48.3 Å². The average Bonchev–Trinajstić information content (AvgIpc) is 2.66. The lowest BCUT2D eigenvalue weighted by atomic mass is 10.1. The number of nitrogens with zero attached hydrogens (tertiary/aromatic N) is 3. The fourth-order valence-corrected chi connectivity index (χ4v) is 2.27. The molecule has 0 saturated carbocycles. The van der Waals surface area contributed by atoms with E-state index >= 15 is 0 Å². The van der Waals surface area contributed by atoms with Crippen LogP contribution in [0.25, 0.3) is 0 Å². The maximum Gasteiger partial charge on any atom is 0.232 e. The predicted molar refractivity (Wildman–Crippen MR) is 81.5 cm³/mol. The van der Waals surface area contributed by atoms with Gasteiger partial charge < -0.3 is 9.64 Å². The SMILES string of the molecule is COc1ccc2c(c1)N(C)C(=O)CC(c1cccnc1)=N2. The van der Waals surface area contributed by atoms with Crippen LogP contribution in [0.5, 0.6) is 5.75 Å². The summed E-state index contributed by atoms with van der Waals surface area (Å²) in [5.74, 6) is 0.693. The Bertz CT molecular complexity index is 711. The number of aromatic nitrogens is 1. The first-order valence-electron chi connectivity index (χ1n) is 6.61. The normalized spacial score (nSPS) is 14.3. The molecule has 0 unspecified atom stereocenters. The van der Waals surface area contributed by atoms with Crippen molar-refractivity contribution in [1.29, 1.82) is 0 Å². The van der Waals surface area contributed by atoms with Crippen LogP contribution in [-0.2, 0) is 4.79 Å². The molecule has 21 heavy (non-hydrogen) atoms. The third-order valence-corrected chi connectivity index (χ3v) is 3.49. The van der Waals surface area contributed by atoms with E-state index in [1.807, 2.05) is 30.3 Å². The van der Waals surface area contributed by atoms with Crippen LogP contribution >= 0.6 is 0 Å². The van der Waals surface area contributed by atoms with Crippen molar-refractivity contribution in [3.8, 4) is 5.75 Å². The predicted octanol–water partition coefficient (Wildman–Crippen LogP) is 2.58. The molecule has 2 aromatic rings. The maximum absolute atomic E-state index is 12.3. The van der Waals surface area contributed by atoms with E-state index in [9.17, 15) is 4.79 Å². The lowest BCUT2D eigenvalue weighted by Crippen LogP contribution is -2.27. The smallest absolute Gasteiger partial charge is 0.232 e. The van der Waals surface area contributed by atoms with Gasteiger partial charge in [-0.15, -0.1) is 0 Å². The largest absolute Gasteiger partial charge is 0.497 e. The Hall–Kier alpha value is -2.69. The standard InChI is InChI=1S/C16H15N3O2/c1-19-15-8-12(21-2)5-6-13(15)18-14(9-16(19)20)11-4-3-7-17-10-11/h3-8,10H,9H2,1-2H3. The molecule has 5 nitrogen and oxygen atoms in total. The highest BCUT2D eigenvalue weighted by Gasteiger charge is 2.22. The summed E-state index contributed by atoms with van der Waals surface area (Å²) in [4.78, 5) is 22.7. The highest BCUT2D eigenvalue weighted by atomic mass is 16.5. The summed E-state index contributed by atoms with van der Waals surface area (Å²) >= 11 is 0. The number of hydrogen-bond acceptors (Lipinski definition) is 4. The number of aliphatic imine (C=N–C) groups is 1. The number of benzene rings is 1. The zero-order valence-corrected chi connectivity index (χ0v) is 11.9. The van der Waals surface area contributed by atoms with Crippen LogP contribution in [0, 0.1) is 0 Å². The molecule has 0 aliphatic carbocycles. The molecular formula is C16H15N3O2. The molecule has 0 saturated heterocycles. The average molecular weight is 281 g/mol. The van der Waals surface area contributed by atoms with Gasteiger partial charge in [-0.05, 0) is 18.2 Å². The van der Waals surface area contributed by atoms with Gasteiger partial charge in [0.25, 0.3) is 0 Å². The van der Waals surface area contributed by atoms with E-state index < -0.39 is 0 Å². The van der Waals surface area contributed by atoms with Crippen molar-refractivity contribution in [3.63, 3.8) is 0 Å². The van der Waals surface area contributed by atoms with Gasteiger partial charge in [-0.3, -0.25) is 14.8 Å². The highest BCUT2D eigenvalue weighted by Crippen LogP contribution is 2.35. The van der Waals surface area contributed by atoms with E-state index in [-0.39, 0.29) is 12.3 Å². The van der Waals surface area contributed by atoms with Gasteiger partial charge in [0.1, 0.15) is 5.75 Å². The molecule has 1 aromatic heterocycles. The van der Waals surface area contributed by atoms with E-state index in [4.69, 9.17) is 4.74 Å². The van der Waals surface area contributed by atoms with E-state index in [0.29, 0.717) is 5.75 Å². The second-order valence-electron chi connectivity index (χ2n) is 4.78. The van der Waals surface area contributed by atoms with E-state index in [1.54, 1.807) is 31.5 Å². The van der Waals surface area contributed by atoms with Crippen molar-refractivity contribution in [2.24, 2.45) is 4.99 Å². The molecule has 0 bridgehead atoms. The summed E-state index contributed by atoms with van der Waals surface area (Å²) in [5.41, 5.74) is 3.09. The van der Waals surface area contributed by atoms with Gasteiger partial charge >= 0.3 is 0 Å². The fraction of sp³-hybridized carbons (Fsp3) is 0.188. The van der Waals surface area contributed by atoms with E-state index in [1.165, 1.54) is 0 Å². The number of amides is 1. The van der Waals surface area contributed by atoms with Gasteiger partial charge in [-0.2, -0.15) is 0 Å². The molecule has 5 heteroatoms. The molecule has 3 rings (SSSR count). The number of hydrogen-bond donors (Lipinski definition) is 0. The minimum Gasteiger partial charge on any atom is -0.497 e. The number of carbonyl (C=O) groups excluding carboxylic acids is 1. The quantitative estimate of drug-likeness (QED) is 0.850. The topological polar surface area (TPSA) is 54.8 Å². The minimum absolute atomic E-state index is 0.00962. The molecule has 2 heterocycles. The first-order valence-corrected chi connectivity index (χ1v) is 6.61. The van der Waals surface area contributed by atoms with Crippen molar-refractivity contribution >= 4 is 23.0 Å². The molecular weight excluding hydrogens is 266 g/mol. The fourth-order valence-electron chi connectivity index (χ4n) is 2.27. The lowest BCUT2D eigenvalue weighted by Gasteiger charge is -2.17. The molecule has 0 spiro atoms. The summed E-state index contributed by atoms with van der Waals surface area (Å²) in [7, 11) is 3.35. The summed E-state index contributed by atoms with van der Waals surface area (Å²) in [6.07, 6.45) is 3.67. The molecule has 0 fully saturated rings. The zero-order valence-electron chi connectivity index (χ0n) is 11.9. The highest BCUT2D eigenvalue weighted by molar-refractivity contribution is 6.17. The van der Waals surface area contributed by atoms with Gasteiger partial charge in [-0.1, -0.05) is 6.07 Å². The zero-order chi connectivity index (χ0) is 14.8. The van der Waals surface area contributed by atoms with Gasteiger partial charge in [0.2, 0.25) is 5.91 Å². The number of fused-ring (bicyclic) bond motifs is 1. The summed E-state index contributed by atoms with van der Waals surface area (Å²) in [5, 5.41) is 0. The van der Waals surface area contributed by atoms with Crippen molar-refractivity contribution in [1.82, 2.24) is 4.98 Å². The third-order valence-electron chi connectivity index (χ3n) is 3.49. The van der Waals surface area contributed by atoms with E-state index in [2.05, 4.69) is 9.98 Å². The Balaban J connectivity index is 2.13. The Morgan fingerprint density at radius 2 is 2.14 bits per heavy atom. The maximum atomic E-state index is 12.3. The number of pyridine rings is 1. The second-order valence-corrected chi connectivity index (χ2v) is 4.78. The van der Waals surface area contributed by atoms with Crippen molar-refractivity contribution in [2.45, 2.75) is 6.42 Å². The van der Waals surface area contributed by atoms with Gasteiger partial charge in [0, 0.05) is 31.1 Å². The molecule has 0 atom stereocenters. The minimum atomic E-state index is -0.00962. The molecule has 1 aliphatic heterocycles. The first kappa shape index (κ1) is 13.3. The number of rotatable bonds is 2. The van der Waals surface area contributed by atoms with Gasteiger partial charge in [0.05, 0.1) is 30.6 Å². The van der Waals surface area contributed by atoms with Crippen LogP contribution in [0.2, 0.25) is 0 Å². The number of anilines is 1. The second kappa shape index (κ2) is 5.36. The molecule has 106 valence electrons. The van der Waals surface area contributed by atoms with Crippen LogP contribution in [-0.4, -0.2) is 30.8 Å². The monoisotopic (exact) mass is 281 g/mol. The molecule has 1 aliphatic rings. The van der Waals surface area contributed by atoms with Crippen LogP contribution in [0.1, 0.15) is 12.0 Å². The van der Waals surface area contributed by atoms with Gasteiger partial charge in [0.15, 0.2) is 0 Å². The van der Waals surface area contributed by atoms with Crippen molar-refractivity contribution in [2.75, 3.05) is 19.1 Å². The summed E-state index contributed by atoms with van der Waals surface area (Å²) in [6.45, 7) is 0. The van der Waals surface area contributed by atoms with Crippen LogP contribution in [0.15, 0.2) is 47.7 Å². The van der Waals surface area contributed by atoms with Crippen LogP contribution in [0.4, 0.5) is 11.4 Å². The van der Waals surface area contributed by atoms with Crippen molar-refractivity contribution < 1.29 is 9.53 Å². The molecule has 0 radical (unpaired) electrons. The number of carbonyl (C=O) groups is 1. The molecule has 1 amide bonds. The van der Waals surface area contributed by atoms with Crippen LogP contribution in [0.3, 0.4) is 0 Å². The third kappa shape index (κ3) is 2.50. The van der Waals surface area contributed by atoms with Crippen LogP contribution < -0.4 is 9.64 Å². The number of ether oxygens (including phenoxy) is 1. The Labute approximate surface area is 122 Å². The van der Waals surface area contributed by atoms with Gasteiger partial charge in [-0.25, -0.2) is 0 Å². The lowest BCUT2D eigenvalue weighted by molar-refractivity contribution is -0.117. The van der Waals surface area contributed by atoms with E-state index in [0.717, 1.165) is 22.6 Å². The first-order chi connectivity index (χ1) is 10.2. The Morgan fingerprint density at radius 1 is 1.29 bits per heavy atom. The molecule has 0 N–H and O–H groups in total. The summed E-state index contributed by atoms with van der Waals surface area (Å²) < 4.78 is 5.22. The summed E-state index contributed by atoms with van der Waals surface area (Å²) in [6, 6.07) is 9.27. The molecule has 1 aromatic carbocycles. The Morgan fingerprint density at radius 3 is 2.86 bits per heavy atom.